The third-order valence-electron chi connectivity index (χ3n) is 6.90. The topological polar surface area (TPSA) is 52.7 Å². The number of hydrogen-bond acceptors (Lipinski definition) is 3. The number of rotatable bonds is 4. The van der Waals surface area contributed by atoms with Crippen LogP contribution in [0.25, 0.3) is 0 Å². The fourth-order valence-corrected chi connectivity index (χ4v) is 5.13. The number of amides is 2. The van der Waals surface area contributed by atoms with Crippen molar-refractivity contribution in [1.82, 2.24) is 15.1 Å². The van der Waals surface area contributed by atoms with Crippen LogP contribution in [0.3, 0.4) is 0 Å². The van der Waals surface area contributed by atoms with Crippen LogP contribution >= 0.6 is 0 Å². The summed E-state index contributed by atoms with van der Waals surface area (Å²) in [5, 5.41) is 3.31. The molecule has 2 amide bonds. The Hall–Kier alpha value is -1.88. The number of fused-ring (bicyclic) bond motifs is 4. The SMILES string of the molecule is CN(Cc1ccc(C(=O)N2CC3CCC(CC3)C2)cc1)C(=O)C1CCNCC1. The first kappa shape index (κ1) is 19.4. The quantitative estimate of drug-likeness (QED) is 0.870. The van der Waals surface area contributed by atoms with Crippen molar-refractivity contribution in [2.75, 3.05) is 33.2 Å². The molecule has 5 rings (SSSR count). The predicted molar refractivity (Wildman–Crippen MR) is 110 cm³/mol. The van der Waals surface area contributed by atoms with Crippen LogP contribution in [0.5, 0.6) is 0 Å². The normalized spacial score (nSPS) is 25.4. The van der Waals surface area contributed by atoms with Gasteiger partial charge < -0.3 is 15.1 Å². The van der Waals surface area contributed by atoms with Crippen LogP contribution in [0.1, 0.15) is 54.4 Å². The van der Waals surface area contributed by atoms with Gasteiger partial charge >= 0.3 is 0 Å². The van der Waals surface area contributed by atoms with E-state index in [4.69, 9.17) is 0 Å². The minimum atomic E-state index is 0.144. The van der Waals surface area contributed by atoms with Gasteiger partial charge in [-0.2, -0.15) is 0 Å². The van der Waals surface area contributed by atoms with Crippen LogP contribution in [0.2, 0.25) is 0 Å². The van der Waals surface area contributed by atoms with Gasteiger partial charge in [-0.1, -0.05) is 12.1 Å². The van der Waals surface area contributed by atoms with Crippen LogP contribution in [0, 0.1) is 17.8 Å². The van der Waals surface area contributed by atoms with Gasteiger partial charge in [0.25, 0.3) is 5.91 Å². The van der Waals surface area contributed by atoms with Gasteiger partial charge in [-0.25, -0.2) is 0 Å². The van der Waals surface area contributed by atoms with Crippen LogP contribution < -0.4 is 5.32 Å². The summed E-state index contributed by atoms with van der Waals surface area (Å²) in [5.41, 5.74) is 1.86. The first-order valence-corrected chi connectivity index (χ1v) is 10.9. The Morgan fingerprint density at radius 3 is 2.11 bits per heavy atom. The van der Waals surface area contributed by atoms with Crippen molar-refractivity contribution < 1.29 is 9.59 Å². The van der Waals surface area contributed by atoms with E-state index in [1.807, 2.05) is 36.2 Å². The minimum absolute atomic E-state index is 0.144. The number of nitrogens with zero attached hydrogens (tertiary/aromatic N) is 2. The number of benzene rings is 1. The maximum absolute atomic E-state index is 13.0. The van der Waals surface area contributed by atoms with Gasteiger partial charge in [-0.15, -0.1) is 0 Å². The Balaban J connectivity index is 1.35. The Kier molecular flexibility index (Phi) is 6.00. The predicted octanol–water partition coefficient (Wildman–Crippen LogP) is 2.91. The van der Waals surface area contributed by atoms with Crippen LogP contribution in [-0.4, -0.2) is 54.8 Å². The lowest BCUT2D eigenvalue weighted by atomic mass is 9.84. The van der Waals surface area contributed by atoms with Crippen molar-refractivity contribution in [3.63, 3.8) is 0 Å². The molecular formula is C23H33N3O2. The van der Waals surface area contributed by atoms with Gasteiger partial charge in [-0.3, -0.25) is 9.59 Å². The zero-order chi connectivity index (χ0) is 19.5. The molecule has 0 atom stereocenters. The van der Waals surface area contributed by atoms with Crippen LogP contribution in [0.15, 0.2) is 24.3 Å². The van der Waals surface area contributed by atoms with Crippen molar-refractivity contribution >= 4 is 11.8 Å². The minimum Gasteiger partial charge on any atom is -0.341 e. The molecule has 152 valence electrons. The van der Waals surface area contributed by atoms with Gasteiger partial charge in [0.05, 0.1) is 0 Å². The maximum atomic E-state index is 13.0. The van der Waals surface area contributed by atoms with E-state index in [2.05, 4.69) is 10.2 Å². The lowest BCUT2D eigenvalue weighted by Crippen LogP contribution is -2.38. The molecule has 28 heavy (non-hydrogen) atoms. The van der Waals surface area contributed by atoms with E-state index in [1.54, 1.807) is 0 Å². The van der Waals surface area contributed by atoms with Crippen molar-refractivity contribution in [3.8, 4) is 0 Å². The molecule has 1 N–H and O–H groups in total. The largest absolute Gasteiger partial charge is 0.341 e. The van der Waals surface area contributed by atoms with E-state index in [1.165, 1.54) is 25.7 Å². The monoisotopic (exact) mass is 383 g/mol. The molecule has 4 aliphatic rings. The highest BCUT2D eigenvalue weighted by Gasteiger charge is 2.32. The van der Waals surface area contributed by atoms with Gasteiger partial charge in [0.2, 0.25) is 5.91 Å². The summed E-state index contributed by atoms with van der Waals surface area (Å²) in [6.07, 6.45) is 6.98. The van der Waals surface area contributed by atoms with E-state index < -0.39 is 0 Å². The Morgan fingerprint density at radius 1 is 0.964 bits per heavy atom. The second-order valence-electron chi connectivity index (χ2n) is 9.01. The Labute approximate surface area is 168 Å². The molecular weight excluding hydrogens is 350 g/mol. The molecule has 3 aliphatic heterocycles. The number of carbonyl (C=O) groups is 2. The maximum Gasteiger partial charge on any atom is 0.253 e. The highest BCUT2D eigenvalue weighted by molar-refractivity contribution is 5.94. The molecule has 1 saturated carbocycles. The number of carbonyl (C=O) groups excluding carboxylic acids is 2. The van der Waals surface area contributed by atoms with Crippen molar-refractivity contribution in [2.45, 2.75) is 45.1 Å². The zero-order valence-corrected chi connectivity index (χ0v) is 17.0. The Morgan fingerprint density at radius 2 is 1.54 bits per heavy atom. The van der Waals surface area contributed by atoms with Gasteiger partial charge in [0.1, 0.15) is 0 Å². The highest BCUT2D eigenvalue weighted by atomic mass is 16.2. The smallest absolute Gasteiger partial charge is 0.253 e. The van der Waals surface area contributed by atoms with Gasteiger partial charge in [0, 0.05) is 38.2 Å². The summed E-state index contributed by atoms with van der Waals surface area (Å²) < 4.78 is 0. The molecule has 1 aliphatic carbocycles. The average molecular weight is 384 g/mol. The summed E-state index contributed by atoms with van der Waals surface area (Å²) >= 11 is 0. The molecule has 3 saturated heterocycles. The van der Waals surface area contributed by atoms with Crippen LogP contribution in [-0.2, 0) is 11.3 Å². The van der Waals surface area contributed by atoms with Crippen molar-refractivity contribution in [1.29, 1.82) is 0 Å². The second-order valence-corrected chi connectivity index (χ2v) is 9.01. The summed E-state index contributed by atoms with van der Waals surface area (Å²) in [6, 6.07) is 7.89. The second kappa shape index (κ2) is 8.64. The molecule has 4 fully saturated rings. The first-order chi connectivity index (χ1) is 13.6. The molecule has 0 radical (unpaired) electrons. The highest BCUT2D eigenvalue weighted by Crippen LogP contribution is 2.34. The fourth-order valence-electron chi connectivity index (χ4n) is 5.13. The van der Waals surface area contributed by atoms with E-state index in [9.17, 15) is 9.59 Å². The van der Waals surface area contributed by atoms with Gasteiger partial charge in [0.15, 0.2) is 0 Å². The molecule has 0 spiro atoms. The van der Waals surface area contributed by atoms with E-state index in [0.717, 1.165) is 50.1 Å². The van der Waals surface area contributed by atoms with E-state index in [-0.39, 0.29) is 17.7 Å². The third-order valence-corrected chi connectivity index (χ3v) is 6.90. The molecule has 3 heterocycles. The molecule has 1 aromatic rings. The molecule has 0 aromatic heterocycles. The van der Waals surface area contributed by atoms with Crippen LogP contribution in [0.4, 0.5) is 0 Å². The number of hydrogen-bond donors (Lipinski definition) is 1. The molecule has 5 heteroatoms. The number of nitrogens with one attached hydrogen (secondary N) is 1. The first-order valence-electron chi connectivity index (χ1n) is 10.9. The van der Waals surface area contributed by atoms with E-state index in [0.29, 0.717) is 18.4 Å². The fraction of sp³-hybridized carbons (Fsp3) is 0.652. The summed E-state index contributed by atoms with van der Waals surface area (Å²) in [5.74, 6) is 1.94. The summed E-state index contributed by atoms with van der Waals surface area (Å²) in [4.78, 5) is 29.5. The molecule has 1 aromatic carbocycles. The standard InChI is InChI=1S/C23H33N3O2/c1-25(22(27)21-10-12-24-13-11-21)14-17-6-8-20(9-7-17)23(28)26-15-18-2-3-19(16-26)5-4-18/h6-9,18-19,21,24H,2-5,10-16H2,1H3. The summed E-state index contributed by atoms with van der Waals surface area (Å²) in [6.45, 7) is 4.30. The number of piperidine rings is 1. The molecule has 2 bridgehead atoms. The lowest BCUT2D eigenvalue weighted by Gasteiger charge is -2.27. The lowest BCUT2D eigenvalue weighted by molar-refractivity contribution is -0.135. The molecule has 0 unspecified atom stereocenters. The van der Waals surface area contributed by atoms with Gasteiger partial charge in [-0.05, 0) is 81.1 Å². The van der Waals surface area contributed by atoms with Crippen molar-refractivity contribution in [2.24, 2.45) is 17.8 Å². The van der Waals surface area contributed by atoms with E-state index >= 15 is 0 Å². The average Bonchev–Trinajstić information content (AvgIpc) is 3.08. The Bertz CT molecular complexity index is 674. The van der Waals surface area contributed by atoms with Crippen molar-refractivity contribution in [3.05, 3.63) is 35.4 Å². The summed E-state index contributed by atoms with van der Waals surface area (Å²) in [7, 11) is 1.89. The zero-order valence-electron chi connectivity index (χ0n) is 17.0. The third kappa shape index (κ3) is 4.40. The molecule has 5 nitrogen and oxygen atoms in total.